The fraction of sp³-hybridized carbons (Fsp3) is 0.143. The first-order valence-electron chi connectivity index (χ1n) is 5.63. The van der Waals surface area contributed by atoms with Crippen molar-refractivity contribution in [2.45, 2.75) is 13.1 Å². The second-order valence-electron chi connectivity index (χ2n) is 4.39. The summed E-state index contributed by atoms with van der Waals surface area (Å²) in [5.41, 5.74) is 2.68. The normalized spacial score (nSPS) is 10.9. The minimum absolute atomic E-state index is 0.820. The van der Waals surface area contributed by atoms with Crippen LogP contribution in [0.5, 0.6) is 0 Å². The van der Waals surface area contributed by atoms with Crippen LogP contribution in [0.3, 0.4) is 0 Å². The summed E-state index contributed by atoms with van der Waals surface area (Å²) >= 11 is 7.04. The topological polar surface area (TPSA) is 0 Å². The van der Waals surface area contributed by atoms with Gasteiger partial charge in [0.1, 0.15) is 0 Å². The molecule has 2 aromatic carbocycles. The second kappa shape index (κ2) is 5.51. The van der Waals surface area contributed by atoms with Gasteiger partial charge in [0, 0.05) is 8.95 Å². The summed E-state index contributed by atoms with van der Waals surface area (Å²) in [4.78, 5) is 0. The monoisotopic (exact) mass is 368 g/mol. The lowest BCUT2D eigenvalue weighted by molar-refractivity contribution is 1.59. The first-order chi connectivity index (χ1) is 8.08. The molecule has 0 bridgehead atoms. The number of hydrogen-bond acceptors (Lipinski definition) is 0. The van der Waals surface area contributed by atoms with Crippen LogP contribution in [0.4, 0.5) is 0 Å². The minimum atomic E-state index is -0.820. The molecule has 17 heavy (non-hydrogen) atoms. The Bertz CT molecular complexity index is 518. The van der Waals surface area contributed by atoms with Gasteiger partial charge >= 0.3 is 0 Å². The van der Waals surface area contributed by atoms with E-state index >= 15 is 0 Å². The molecule has 88 valence electrons. The van der Waals surface area contributed by atoms with Crippen LogP contribution in [0, 0.1) is 0 Å². The molecule has 0 heterocycles. The fourth-order valence-electron chi connectivity index (χ4n) is 1.90. The average Bonchev–Trinajstić information content (AvgIpc) is 2.30. The van der Waals surface area contributed by atoms with Crippen LogP contribution in [-0.4, -0.2) is 8.80 Å². The zero-order chi connectivity index (χ0) is 12.4. The maximum atomic E-state index is 3.56. The standard InChI is InChI=1S/C14H14Br2Si/c1-17(2)14-9-12(16)7-8-13(14)10-3-5-11(15)6-4-10/h3-9,17H,1-2H3. The second-order valence-corrected chi connectivity index (χ2v) is 9.16. The van der Waals surface area contributed by atoms with E-state index in [0.29, 0.717) is 0 Å². The van der Waals surface area contributed by atoms with Crippen molar-refractivity contribution < 1.29 is 0 Å². The van der Waals surface area contributed by atoms with Crippen LogP contribution in [0.15, 0.2) is 51.4 Å². The van der Waals surface area contributed by atoms with Gasteiger partial charge in [0.05, 0.1) is 8.80 Å². The molecule has 0 aliphatic heterocycles. The van der Waals surface area contributed by atoms with E-state index in [9.17, 15) is 0 Å². The highest BCUT2D eigenvalue weighted by Crippen LogP contribution is 2.22. The lowest BCUT2D eigenvalue weighted by Gasteiger charge is -2.13. The molecule has 0 saturated heterocycles. The van der Waals surface area contributed by atoms with E-state index < -0.39 is 8.80 Å². The molecule has 0 aliphatic carbocycles. The predicted molar refractivity (Wildman–Crippen MR) is 85.8 cm³/mol. The van der Waals surface area contributed by atoms with Gasteiger partial charge in [0.25, 0.3) is 0 Å². The van der Waals surface area contributed by atoms with E-state index in [0.717, 1.165) is 4.47 Å². The fourth-order valence-corrected chi connectivity index (χ4v) is 4.19. The van der Waals surface area contributed by atoms with E-state index in [2.05, 4.69) is 87.4 Å². The summed E-state index contributed by atoms with van der Waals surface area (Å²) < 4.78 is 2.30. The van der Waals surface area contributed by atoms with Crippen molar-refractivity contribution in [3.63, 3.8) is 0 Å². The van der Waals surface area contributed by atoms with Gasteiger partial charge in [-0.1, -0.05) is 68.3 Å². The summed E-state index contributed by atoms with van der Waals surface area (Å²) in [5.74, 6) is 0. The quantitative estimate of drug-likeness (QED) is 0.680. The van der Waals surface area contributed by atoms with E-state index in [1.54, 1.807) is 0 Å². The van der Waals surface area contributed by atoms with Crippen molar-refractivity contribution in [1.29, 1.82) is 0 Å². The predicted octanol–water partition coefficient (Wildman–Crippen LogP) is 4.57. The molecule has 0 N–H and O–H groups in total. The minimum Gasteiger partial charge on any atom is -0.0682 e. The summed E-state index contributed by atoms with van der Waals surface area (Å²) in [6.07, 6.45) is 0. The molecule has 0 aliphatic rings. The van der Waals surface area contributed by atoms with Gasteiger partial charge in [0.15, 0.2) is 0 Å². The first-order valence-corrected chi connectivity index (χ1v) is 10.1. The number of rotatable bonds is 2. The van der Waals surface area contributed by atoms with Gasteiger partial charge in [-0.25, -0.2) is 0 Å². The van der Waals surface area contributed by atoms with Crippen molar-refractivity contribution in [1.82, 2.24) is 0 Å². The maximum absolute atomic E-state index is 3.56. The average molecular weight is 370 g/mol. The zero-order valence-corrected chi connectivity index (χ0v) is 14.2. The molecular weight excluding hydrogens is 356 g/mol. The maximum Gasteiger partial charge on any atom is 0.0656 e. The van der Waals surface area contributed by atoms with Gasteiger partial charge in [-0.3, -0.25) is 0 Å². The largest absolute Gasteiger partial charge is 0.0682 e. The molecule has 0 atom stereocenters. The van der Waals surface area contributed by atoms with E-state index in [-0.39, 0.29) is 0 Å². The van der Waals surface area contributed by atoms with E-state index in [1.807, 2.05) is 0 Å². The molecule has 2 aromatic rings. The van der Waals surface area contributed by atoms with Crippen molar-refractivity contribution >= 4 is 45.8 Å². The Kier molecular flexibility index (Phi) is 4.23. The molecule has 3 heteroatoms. The zero-order valence-electron chi connectivity index (χ0n) is 9.87. The van der Waals surface area contributed by atoms with E-state index in [1.165, 1.54) is 20.8 Å². The first kappa shape index (κ1) is 13.1. The molecule has 0 nitrogen and oxygen atoms in total. The highest BCUT2D eigenvalue weighted by molar-refractivity contribution is 9.10. The molecular formula is C14H14Br2Si. The van der Waals surface area contributed by atoms with Gasteiger partial charge in [-0.05, 0) is 35.4 Å². The lowest BCUT2D eigenvalue weighted by Crippen LogP contribution is -2.24. The van der Waals surface area contributed by atoms with Crippen LogP contribution in [0.25, 0.3) is 11.1 Å². The number of hydrogen-bond donors (Lipinski definition) is 0. The van der Waals surface area contributed by atoms with Gasteiger partial charge < -0.3 is 0 Å². The van der Waals surface area contributed by atoms with Gasteiger partial charge in [-0.15, -0.1) is 0 Å². The van der Waals surface area contributed by atoms with Crippen LogP contribution < -0.4 is 5.19 Å². The van der Waals surface area contributed by atoms with E-state index in [4.69, 9.17) is 0 Å². The summed E-state index contributed by atoms with van der Waals surface area (Å²) in [6.45, 7) is 4.73. The Balaban J connectivity index is 2.54. The molecule has 0 amide bonds. The molecule has 0 radical (unpaired) electrons. The Hall–Kier alpha value is -0.383. The molecule has 0 unspecified atom stereocenters. The van der Waals surface area contributed by atoms with Crippen LogP contribution in [0.2, 0.25) is 13.1 Å². The van der Waals surface area contributed by atoms with Gasteiger partial charge in [0.2, 0.25) is 0 Å². The van der Waals surface area contributed by atoms with Crippen molar-refractivity contribution in [3.8, 4) is 11.1 Å². The van der Waals surface area contributed by atoms with Crippen molar-refractivity contribution in [2.24, 2.45) is 0 Å². The smallest absolute Gasteiger partial charge is 0.0656 e. The summed E-state index contributed by atoms with van der Waals surface area (Å²) in [6, 6.07) is 15.2. The Labute approximate surface area is 121 Å². The van der Waals surface area contributed by atoms with Crippen LogP contribution >= 0.6 is 31.9 Å². The third-order valence-electron chi connectivity index (χ3n) is 2.79. The molecule has 0 aromatic heterocycles. The Morgan fingerprint density at radius 2 is 1.41 bits per heavy atom. The highest BCUT2D eigenvalue weighted by Gasteiger charge is 2.09. The highest BCUT2D eigenvalue weighted by atomic mass is 79.9. The Morgan fingerprint density at radius 3 is 2.00 bits per heavy atom. The third kappa shape index (κ3) is 3.09. The third-order valence-corrected chi connectivity index (χ3v) is 5.53. The van der Waals surface area contributed by atoms with Crippen molar-refractivity contribution in [3.05, 3.63) is 51.4 Å². The lowest BCUT2D eigenvalue weighted by atomic mass is 10.1. The molecule has 0 saturated carbocycles. The number of benzene rings is 2. The molecule has 2 rings (SSSR count). The van der Waals surface area contributed by atoms with Gasteiger partial charge in [-0.2, -0.15) is 0 Å². The summed E-state index contributed by atoms with van der Waals surface area (Å²) in [7, 11) is -0.820. The summed E-state index contributed by atoms with van der Waals surface area (Å²) in [5, 5.41) is 1.52. The molecule has 0 fully saturated rings. The Morgan fingerprint density at radius 1 is 0.824 bits per heavy atom. The SMILES string of the molecule is C[SiH](C)c1cc(Br)ccc1-c1ccc(Br)cc1. The van der Waals surface area contributed by atoms with Crippen LogP contribution in [-0.2, 0) is 0 Å². The van der Waals surface area contributed by atoms with Crippen LogP contribution in [0.1, 0.15) is 0 Å². The van der Waals surface area contributed by atoms with Crippen molar-refractivity contribution in [2.75, 3.05) is 0 Å². The molecule has 0 spiro atoms. The number of halogens is 2.